The number of hydrogen-bond acceptors (Lipinski definition) is 3. The van der Waals surface area contributed by atoms with Crippen molar-refractivity contribution in [3.05, 3.63) is 106 Å². The molecule has 1 aromatic heterocycles. The van der Waals surface area contributed by atoms with Gasteiger partial charge >= 0.3 is 0 Å². The second kappa shape index (κ2) is 9.02. The molecule has 166 valence electrons. The Kier molecular flexibility index (Phi) is 5.94. The second-order valence-corrected chi connectivity index (χ2v) is 8.88. The molecule has 1 amide bonds. The number of rotatable bonds is 4. The summed E-state index contributed by atoms with van der Waals surface area (Å²) in [5.41, 5.74) is 3.81. The van der Waals surface area contributed by atoms with Crippen molar-refractivity contribution >= 4 is 29.1 Å². The number of nitrogens with one attached hydrogen (secondary N) is 1. The zero-order valence-electron chi connectivity index (χ0n) is 17.6. The fourth-order valence-electron chi connectivity index (χ4n) is 4.25. The molecule has 4 aromatic rings. The topological polar surface area (TPSA) is 67.2 Å². The Balaban J connectivity index is 1.54. The molecule has 0 spiro atoms. The van der Waals surface area contributed by atoms with Gasteiger partial charge in [-0.3, -0.25) is 9.36 Å². The van der Waals surface area contributed by atoms with E-state index in [4.69, 9.17) is 23.2 Å². The number of amides is 1. The van der Waals surface area contributed by atoms with Gasteiger partial charge in [0.15, 0.2) is 0 Å². The molecule has 0 aliphatic heterocycles. The van der Waals surface area contributed by atoms with Crippen LogP contribution in [0.2, 0.25) is 10.0 Å². The number of carbonyl (C=O) groups excluding carboxylic acids is 1. The number of aliphatic hydroxyl groups excluding tert-OH is 1. The minimum absolute atomic E-state index is 0.232. The average molecular weight is 478 g/mol. The van der Waals surface area contributed by atoms with Crippen molar-refractivity contribution in [2.24, 2.45) is 0 Å². The average Bonchev–Trinajstić information content (AvgIpc) is 3.27. The molecule has 0 radical (unpaired) electrons. The zero-order chi connectivity index (χ0) is 22.9. The quantitative estimate of drug-likeness (QED) is 0.400. The van der Waals surface area contributed by atoms with E-state index in [1.807, 2.05) is 59.2 Å². The summed E-state index contributed by atoms with van der Waals surface area (Å²) in [6.45, 7) is 0. The molecule has 2 N–H and O–H groups in total. The molecule has 2 unspecified atom stereocenters. The highest BCUT2D eigenvalue weighted by Gasteiger charge is 2.30. The van der Waals surface area contributed by atoms with Gasteiger partial charge in [0.2, 0.25) is 0 Å². The number of imidazole rings is 1. The van der Waals surface area contributed by atoms with Crippen molar-refractivity contribution in [3.8, 4) is 17.1 Å². The van der Waals surface area contributed by atoms with Crippen molar-refractivity contribution in [2.75, 3.05) is 0 Å². The van der Waals surface area contributed by atoms with E-state index in [9.17, 15) is 9.90 Å². The van der Waals surface area contributed by atoms with Gasteiger partial charge in [-0.15, -0.1) is 0 Å². The highest BCUT2D eigenvalue weighted by Crippen LogP contribution is 2.32. The van der Waals surface area contributed by atoms with E-state index >= 15 is 0 Å². The highest BCUT2D eigenvalue weighted by atomic mass is 35.5. The van der Waals surface area contributed by atoms with Crippen LogP contribution in [0.3, 0.4) is 0 Å². The van der Waals surface area contributed by atoms with Gasteiger partial charge in [0.25, 0.3) is 5.91 Å². The highest BCUT2D eigenvalue weighted by molar-refractivity contribution is 6.33. The molecule has 33 heavy (non-hydrogen) atoms. The van der Waals surface area contributed by atoms with Gasteiger partial charge in [-0.25, -0.2) is 4.98 Å². The molecule has 3 aromatic carbocycles. The lowest BCUT2D eigenvalue weighted by atomic mass is 9.85. The van der Waals surface area contributed by atoms with E-state index in [2.05, 4.69) is 10.3 Å². The van der Waals surface area contributed by atoms with Crippen LogP contribution in [0.15, 0.2) is 79.0 Å². The Morgan fingerprint density at radius 3 is 2.52 bits per heavy atom. The summed E-state index contributed by atoms with van der Waals surface area (Å²) in [5.74, 6) is 0.175. The van der Waals surface area contributed by atoms with Crippen LogP contribution in [-0.2, 0) is 6.42 Å². The van der Waals surface area contributed by atoms with Crippen molar-refractivity contribution in [1.29, 1.82) is 0 Å². The third-order valence-corrected chi connectivity index (χ3v) is 6.51. The normalized spacial score (nSPS) is 17.4. The molecule has 0 saturated carbocycles. The molecular weight excluding hydrogens is 457 g/mol. The van der Waals surface area contributed by atoms with Crippen LogP contribution in [0.5, 0.6) is 0 Å². The molecule has 0 saturated heterocycles. The molecule has 0 fully saturated rings. The van der Waals surface area contributed by atoms with Gasteiger partial charge in [0, 0.05) is 22.5 Å². The maximum absolute atomic E-state index is 13.3. The first-order valence-electron chi connectivity index (χ1n) is 10.7. The summed E-state index contributed by atoms with van der Waals surface area (Å²) in [4.78, 5) is 17.9. The predicted molar refractivity (Wildman–Crippen MR) is 130 cm³/mol. The smallest absolute Gasteiger partial charge is 0.272 e. The number of benzene rings is 3. The lowest BCUT2D eigenvalue weighted by Crippen LogP contribution is -2.39. The van der Waals surface area contributed by atoms with Crippen LogP contribution in [0.1, 0.15) is 34.1 Å². The first-order valence-corrected chi connectivity index (χ1v) is 11.4. The SMILES string of the molecule is O=C(NC1c2ccccc2CCC1O)c1cn(-c2ccc(Cl)cc2)c(-c2ccccc2Cl)n1. The fraction of sp³-hybridized carbons (Fsp3) is 0.154. The Labute approximate surface area is 201 Å². The van der Waals surface area contributed by atoms with Crippen LogP contribution in [0, 0.1) is 0 Å². The number of halogens is 2. The lowest BCUT2D eigenvalue weighted by Gasteiger charge is -2.30. The first kappa shape index (κ1) is 21.7. The summed E-state index contributed by atoms with van der Waals surface area (Å²) in [6.07, 6.45) is 2.39. The number of carbonyl (C=O) groups is 1. The van der Waals surface area contributed by atoms with E-state index in [1.54, 1.807) is 24.4 Å². The molecule has 1 aliphatic carbocycles. The fourth-order valence-corrected chi connectivity index (χ4v) is 4.60. The summed E-state index contributed by atoms with van der Waals surface area (Å²) >= 11 is 12.5. The van der Waals surface area contributed by atoms with Gasteiger partial charge in [0.1, 0.15) is 11.5 Å². The number of nitrogens with zero attached hydrogens (tertiary/aromatic N) is 2. The predicted octanol–water partition coefficient (Wildman–Crippen LogP) is 5.62. The molecule has 1 heterocycles. The third-order valence-electron chi connectivity index (χ3n) is 5.93. The maximum Gasteiger partial charge on any atom is 0.272 e. The van der Waals surface area contributed by atoms with E-state index in [0.29, 0.717) is 27.9 Å². The monoisotopic (exact) mass is 477 g/mol. The van der Waals surface area contributed by atoms with Crippen LogP contribution >= 0.6 is 23.2 Å². The number of aryl methyl sites for hydroxylation is 1. The van der Waals surface area contributed by atoms with Gasteiger partial charge in [-0.1, -0.05) is 59.6 Å². The number of hydrogen-bond donors (Lipinski definition) is 2. The first-order chi connectivity index (χ1) is 16.0. The van der Waals surface area contributed by atoms with Gasteiger partial charge in [-0.05, 0) is 60.4 Å². The molecular formula is C26H21Cl2N3O2. The summed E-state index contributed by atoms with van der Waals surface area (Å²) < 4.78 is 1.82. The lowest BCUT2D eigenvalue weighted by molar-refractivity contribution is 0.0788. The van der Waals surface area contributed by atoms with Gasteiger partial charge in [0.05, 0.1) is 17.2 Å². The largest absolute Gasteiger partial charge is 0.391 e. The van der Waals surface area contributed by atoms with Crippen molar-refractivity contribution in [3.63, 3.8) is 0 Å². The standard InChI is InChI=1S/C26H21Cl2N3O2/c27-17-10-12-18(13-11-17)31-15-22(29-25(31)20-7-3-4-8-21(20)28)26(33)30-24-19-6-2-1-5-16(19)9-14-23(24)32/h1-8,10-13,15,23-24,32H,9,14H2,(H,30,33). The Bertz CT molecular complexity index is 1320. The molecule has 5 nitrogen and oxygen atoms in total. The maximum atomic E-state index is 13.3. The third kappa shape index (κ3) is 4.27. The summed E-state index contributed by atoms with van der Waals surface area (Å²) in [6, 6.07) is 22.0. The Morgan fingerprint density at radius 2 is 1.73 bits per heavy atom. The minimum Gasteiger partial charge on any atom is -0.391 e. The molecule has 1 aliphatic rings. The van der Waals surface area contributed by atoms with Crippen molar-refractivity contribution < 1.29 is 9.90 Å². The number of aromatic nitrogens is 2. The van der Waals surface area contributed by atoms with Crippen LogP contribution in [-0.4, -0.2) is 26.7 Å². The summed E-state index contributed by atoms with van der Waals surface area (Å²) in [5, 5.41) is 14.8. The second-order valence-electron chi connectivity index (χ2n) is 8.03. The minimum atomic E-state index is -0.662. The van der Waals surface area contributed by atoms with Gasteiger partial charge < -0.3 is 10.4 Å². The van der Waals surface area contributed by atoms with Crippen LogP contribution in [0.4, 0.5) is 0 Å². The van der Waals surface area contributed by atoms with Crippen molar-refractivity contribution in [2.45, 2.75) is 25.0 Å². The van der Waals surface area contributed by atoms with E-state index in [1.165, 1.54) is 0 Å². The van der Waals surface area contributed by atoms with Gasteiger partial charge in [-0.2, -0.15) is 0 Å². The molecule has 0 bridgehead atoms. The zero-order valence-corrected chi connectivity index (χ0v) is 19.1. The molecule has 5 rings (SSSR count). The van der Waals surface area contributed by atoms with Crippen LogP contribution < -0.4 is 5.32 Å². The number of aliphatic hydroxyl groups is 1. The number of fused-ring (bicyclic) bond motifs is 1. The van der Waals surface area contributed by atoms with Crippen molar-refractivity contribution in [1.82, 2.24) is 14.9 Å². The van der Waals surface area contributed by atoms with E-state index in [0.717, 1.165) is 23.2 Å². The van der Waals surface area contributed by atoms with Crippen LogP contribution in [0.25, 0.3) is 17.1 Å². The molecule has 7 heteroatoms. The van der Waals surface area contributed by atoms with E-state index in [-0.39, 0.29) is 11.6 Å². The molecule has 2 atom stereocenters. The summed E-state index contributed by atoms with van der Waals surface area (Å²) in [7, 11) is 0. The Morgan fingerprint density at radius 1 is 1.00 bits per heavy atom. The Hall–Kier alpha value is -3.12. The van der Waals surface area contributed by atoms with E-state index < -0.39 is 12.1 Å².